The molecule has 1 aromatic carbocycles. The fourth-order valence-corrected chi connectivity index (χ4v) is 2.07. The number of ether oxygens (including phenoxy) is 1. The van der Waals surface area contributed by atoms with Gasteiger partial charge in [-0.05, 0) is 32.0 Å². The molecule has 1 heterocycles. The van der Waals surface area contributed by atoms with E-state index in [2.05, 4.69) is 4.90 Å². The third-order valence-corrected chi connectivity index (χ3v) is 3.15. The zero-order valence-corrected chi connectivity index (χ0v) is 10.2. The van der Waals surface area contributed by atoms with Crippen molar-refractivity contribution in [3.8, 4) is 5.75 Å². The Balaban J connectivity index is 2.15. The van der Waals surface area contributed by atoms with Gasteiger partial charge in [0, 0.05) is 13.1 Å². The molecule has 0 unspecified atom stereocenters. The van der Waals surface area contributed by atoms with Gasteiger partial charge in [0.2, 0.25) is 0 Å². The van der Waals surface area contributed by atoms with Gasteiger partial charge >= 0.3 is 5.97 Å². The van der Waals surface area contributed by atoms with Crippen molar-refractivity contribution in [2.75, 3.05) is 20.1 Å². The molecular formula is C13H16FNO3. The van der Waals surface area contributed by atoms with Crippen LogP contribution in [0.3, 0.4) is 0 Å². The van der Waals surface area contributed by atoms with Gasteiger partial charge in [0.1, 0.15) is 11.7 Å². The first-order valence-corrected chi connectivity index (χ1v) is 5.95. The molecule has 0 aliphatic carbocycles. The molecule has 1 fully saturated rings. The molecule has 0 bridgehead atoms. The lowest BCUT2D eigenvalue weighted by Crippen LogP contribution is -2.36. The van der Waals surface area contributed by atoms with Crippen molar-refractivity contribution >= 4 is 5.97 Å². The van der Waals surface area contributed by atoms with Crippen LogP contribution in [-0.2, 0) is 0 Å². The van der Waals surface area contributed by atoms with E-state index in [0.29, 0.717) is 0 Å². The van der Waals surface area contributed by atoms with E-state index in [1.54, 1.807) is 0 Å². The molecule has 0 aromatic heterocycles. The van der Waals surface area contributed by atoms with Crippen LogP contribution < -0.4 is 4.74 Å². The summed E-state index contributed by atoms with van der Waals surface area (Å²) in [7, 11) is 2.02. The lowest BCUT2D eigenvalue weighted by atomic mass is 10.1. The Morgan fingerprint density at radius 1 is 1.44 bits per heavy atom. The largest absolute Gasteiger partial charge is 0.486 e. The lowest BCUT2D eigenvalue weighted by molar-refractivity contribution is 0.0677. The summed E-state index contributed by atoms with van der Waals surface area (Å²) in [6, 6.07) is 3.95. The molecule has 0 spiro atoms. The summed E-state index contributed by atoms with van der Waals surface area (Å²) >= 11 is 0. The number of aromatic carboxylic acids is 1. The molecule has 18 heavy (non-hydrogen) atoms. The van der Waals surface area contributed by atoms with E-state index >= 15 is 0 Å². The van der Waals surface area contributed by atoms with Crippen LogP contribution in [0.1, 0.15) is 23.2 Å². The fraction of sp³-hybridized carbons (Fsp3) is 0.462. The molecule has 0 radical (unpaired) electrons. The predicted octanol–water partition coefficient (Wildman–Crippen LogP) is 2.00. The van der Waals surface area contributed by atoms with Crippen LogP contribution >= 0.6 is 0 Å². The summed E-state index contributed by atoms with van der Waals surface area (Å²) in [6.07, 6.45) is 1.45. The van der Waals surface area contributed by atoms with Gasteiger partial charge in [-0.3, -0.25) is 0 Å². The lowest BCUT2D eigenvalue weighted by Gasteiger charge is -2.29. The Morgan fingerprint density at radius 3 is 2.72 bits per heavy atom. The average molecular weight is 253 g/mol. The minimum atomic E-state index is -1.17. The van der Waals surface area contributed by atoms with Gasteiger partial charge in [0.05, 0.1) is 0 Å². The number of benzene rings is 1. The van der Waals surface area contributed by atoms with Crippen LogP contribution in [0.5, 0.6) is 5.75 Å². The average Bonchev–Trinajstić information content (AvgIpc) is 2.34. The maximum Gasteiger partial charge on any atom is 0.339 e. The predicted molar refractivity (Wildman–Crippen MR) is 64.5 cm³/mol. The quantitative estimate of drug-likeness (QED) is 0.895. The number of rotatable bonds is 3. The van der Waals surface area contributed by atoms with Crippen LogP contribution in [0.25, 0.3) is 0 Å². The number of para-hydroxylation sites is 1. The van der Waals surface area contributed by atoms with Crippen molar-refractivity contribution in [2.24, 2.45) is 0 Å². The van der Waals surface area contributed by atoms with Gasteiger partial charge < -0.3 is 14.7 Å². The smallest absolute Gasteiger partial charge is 0.339 e. The first-order chi connectivity index (χ1) is 8.58. The van der Waals surface area contributed by atoms with E-state index in [9.17, 15) is 9.18 Å². The van der Waals surface area contributed by atoms with Gasteiger partial charge in [-0.1, -0.05) is 6.07 Å². The number of carbonyl (C=O) groups is 1. The molecule has 1 saturated heterocycles. The third-order valence-electron chi connectivity index (χ3n) is 3.15. The summed E-state index contributed by atoms with van der Waals surface area (Å²) in [5.74, 6) is -1.93. The second-order valence-corrected chi connectivity index (χ2v) is 4.54. The minimum Gasteiger partial charge on any atom is -0.486 e. The first-order valence-electron chi connectivity index (χ1n) is 5.95. The summed E-state index contributed by atoms with van der Waals surface area (Å²) in [6.45, 7) is 1.75. The van der Waals surface area contributed by atoms with Crippen molar-refractivity contribution < 1.29 is 19.0 Å². The number of piperidine rings is 1. The molecule has 5 heteroatoms. The Bertz CT molecular complexity index is 442. The number of hydrogen-bond acceptors (Lipinski definition) is 3. The zero-order chi connectivity index (χ0) is 13.1. The Kier molecular flexibility index (Phi) is 3.81. The van der Waals surface area contributed by atoms with E-state index in [4.69, 9.17) is 9.84 Å². The van der Waals surface area contributed by atoms with Gasteiger partial charge in [0.15, 0.2) is 11.6 Å². The van der Waals surface area contributed by atoms with Crippen LogP contribution in [0.2, 0.25) is 0 Å². The van der Waals surface area contributed by atoms with Crippen LogP contribution in [-0.4, -0.2) is 42.2 Å². The van der Waals surface area contributed by atoms with Gasteiger partial charge in [-0.15, -0.1) is 0 Å². The molecule has 98 valence electrons. The second kappa shape index (κ2) is 5.35. The maximum atomic E-state index is 13.6. The molecule has 1 aliphatic rings. The number of nitrogens with zero attached hydrogens (tertiary/aromatic N) is 1. The number of halogens is 1. The van der Waals surface area contributed by atoms with Crippen molar-refractivity contribution in [1.82, 2.24) is 4.90 Å². The number of carboxylic acid groups (broad SMARTS) is 1. The van der Waals surface area contributed by atoms with E-state index in [0.717, 1.165) is 25.9 Å². The molecule has 4 nitrogen and oxygen atoms in total. The topological polar surface area (TPSA) is 49.8 Å². The zero-order valence-electron chi connectivity index (χ0n) is 10.2. The normalized spacial score (nSPS) is 17.7. The number of likely N-dealkylation sites (tertiary alicyclic amines) is 1. The highest BCUT2D eigenvalue weighted by Gasteiger charge is 2.22. The van der Waals surface area contributed by atoms with Gasteiger partial charge in [-0.25, -0.2) is 9.18 Å². The minimum absolute atomic E-state index is 0.115. The Labute approximate surface area is 105 Å². The highest BCUT2D eigenvalue weighted by Crippen LogP contribution is 2.26. The molecule has 2 rings (SSSR count). The molecule has 0 atom stereocenters. The monoisotopic (exact) mass is 253 g/mol. The molecule has 0 amide bonds. The van der Waals surface area contributed by atoms with E-state index in [1.807, 2.05) is 7.05 Å². The number of carboxylic acids is 1. The second-order valence-electron chi connectivity index (χ2n) is 4.54. The summed E-state index contributed by atoms with van der Waals surface area (Å²) in [5, 5.41) is 9.01. The van der Waals surface area contributed by atoms with Crippen molar-refractivity contribution in [2.45, 2.75) is 18.9 Å². The number of hydrogen-bond donors (Lipinski definition) is 1. The summed E-state index contributed by atoms with van der Waals surface area (Å²) in [5.41, 5.74) is -0.117. The maximum absolute atomic E-state index is 13.6. The summed E-state index contributed by atoms with van der Waals surface area (Å²) in [4.78, 5) is 13.2. The van der Waals surface area contributed by atoms with Gasteiger partial charge in [-0.2, -0.15) is 0 Å². The Morgan fingerprint density at radius 2 is 2.11 bits per heavy atom. The highest BCUT2D eigenvalue weighted by atomic mass is 19.1. The van der Waals surface area contributed by atoms with E-state index < -0.39 is 11.8 Å². The van der Waals surface area contributed by atoms with Crippen LogP contribution in [0, 0.1) is 5.82 Å². The molecule has 1 aromatic rings. The van der Waals surface area contributed by atoms with E-state index in [-0.39, 0.29) is 17.4 Å². The third kappa shape index (κ3) is 2.79. The molecule has 0 saturated carbocycles. The highest BCUT2D eigenvalue weighted by molar-refractivity contribution is 5.90. The van der Waals surface area contributed by atoms with Crippen molar-refractivity contribution in [1.29, 1.82) is 0 Å². The van der Waals surface area contributed by atoms with Crippen molar-refractivity contribution in [3.05, 3.63) is 29.6 Å². The summed E-state index contributed by atoms with van der Waals surface area (Å²) < 4.78 is 19.2. The van der Waals surface area contributed by atoms with Crippen LogP contribution in [0.4, 0.5) is 4.39 Å². The first kappa shape index (κ1) is 12.8. The SMILES string of the molecule is CN1CCC(Oc2c(F)cccc2C(=O)O)CC1. The molecular weight excluding hydrogens is 237 g/mol. The van der Waals surface area contributed by atoms with Crippen LogP contribution in [0.15, 0.2) is 18.2 Å². The van der Waals surface area contributed by atoms with Gasteiger partial charge in [0.25, 0.3) is 0 Å². The molecule has 1 N–H and O–H groups in total. The fourth-order valence-electron chi connectivity index (χ4n) is 2.07. The molecule has 1 aliphatic heterocycles. The van der Waals surface area contributed by atoms with Crippen molar-refractivity contribution in [3.63, 3.8) is 0 Å². The van der Waals surface area contributed by atoms with E-state index in [1.165, 1.54) is 18.2 Å². The Hall–Kier alpha value is -1.62. The standard InChI is InChI=1S/C13H16FNO3/c1-15-7-5-9(6-8-15)18-12-10(13(16)17)3-2-4-11(12)14/h2-4,9H,5-8H2,1H3,(H,16,17).